The van der Waals surface area contributed by atoms with Gasteiger partial charge in [0.25, 0.3) is 10.0 Å². The molecule has 1 aliphatic rings. The molecule has 5 unspecified atom stereocenters. The predicted octanol–water partition coefficient (Wildman–Crippen LogP) is -1.37. The van der Waals surface area contributed by atoms with Crippen molar-refractivity contribution in [1.82, 2.24) is 15.3 Å². The first-order valence-electron chi connectivity index (χ1n) is 9.27. The molecule has 5 atom stereocenters. The molecule has 2 heterocycles. The molecule has 1 aromatic carbocycles. The van der Waals surface area contributed by atoms with E-state index < -0.39 is 53.1 Å². The summed E-state index contributed by atoms with van der Waals surface area (Å²) in [7, 11) is -3.92. The van der Waals surface area contributed by atoms with E-state index in [-0.39, 0.29) is 10.8 Å². The molecule has 13 heteroatoms. The number of aromatic nitrogens is 2. The van der Waals surface area contributed by atoms with Crippen LogP contribution in [-0.4, -0.2) is 76.8 Å². The van der Waals surface area contributed by atoms with Gasteiger partial charge < -0.3 is 30.7 Å². The number of nitrogens with zero attached hydrogens (tertiary/aromatic N) is 2. The fourth-order valence-electron chi connectivity index (χ4n) is 3.06. The van der Waals surface area contributed by atoms with Gasteiger partial charge in [0.05, 0.1) is 11.5 Å². The fourth-order valence-corrected chi connectivity index (χ4v) is 4.02. The smallest absolute Gasteiger partial charge is 0.264 e. The topological polar surface area (TPSA) is 183 Å². The summed E-state index contributed by atoms with van der Waals surface area (Å²) in [5.41, 5.74) is 0.413. The van der Waals surface area contributed by atoms with E-state index in [4.69, 9.17) is 4.74 Å². The predicted molar refractivity (Wildman–Crippen MR) is 108 cm³/mol. The molecule has 0 bridgehead atoms. The minimum Gasteiger partial charge on any atom is -0.394 e. The van der Waals surface area contributed by atoms with Gasteiger partial charge in [-0.2, -0.15) is 0 Å². The number of anilines is 2. The third-order valence-electron chi connectivity index (χ3n) is 4.56. The molecule has 3 rings (SSSR count). The monoisotopic (exact) mass is 453 g/mol. The van der Waals surface area contributed by atoms with E-state index in [1.165, 1.54) is 43.6 Å². The number of carbonyl (C=O) groups excluding carboxylic acids is 1. The second-order valence-electron chi connectivity index (χ2n) is 6.83. The van der Waals surface area contributed by atoms with Crippen molar-refractivity contribution in [1.29, 1.82) is 0 Å². The van der Waals surface area contributed by atoms with Gasteiger partial charge in [0.15, 0.2) is 6.23 Å². The highest BCUT2D eigenvalue weighted by Gasteiger charge is 2.44. The minimum atomic E-state index is -3.92. The minimum absolute atomic E-state index is 0.0443. The van der Waals surface area contributed by atoms with Gasteiger partial charge in [-0.15, -0.1) is 0 Å². The molecule has 1 amide bonds. The maximum Gasteiger partial charge on any atom is 0.264 e. The molecule has 0 saturated carbocycles. The number of rotatable bonds is 7. The van der Waals surface area contributed by atoms with Crippen LogP contribution in [0.2, 0.25) is 0 Å². The average Bonchev–Trinajstić information content (AvgIpc) is 2.74. The highest BCUT2D eigenvalue weighted by Crippen LogP contribution is 2.24. The number of amides is 1. The third kappa shape index (κ3) is 5.45. The van der Waals surface area contributed by atoms with E-state index in [0.717, 1.165) is 0 Å². The lowest BCUT2D eigenvalue weighted by atomic mass is 9.96. The van der Waals surface area contributed by atoms with Gasteiger partial charge in [0.1, 0.15) is 24.4 Å². The molecular weight excluding hydrogens is 430 g/mol. The quantitative estimate of drug-likeness (QED) is 0.292. The summed E-state index contributed by atoms with van der Waals surface area (Å²) in [5, 5.41) is 35.2. The number of aliphatic hydroxyl groups is 3. The highest BCUT2D eigenvalue weighted by molar-refractivity contribution is 7.92. The SMILES string of the molecule is CC(=O)NC1C(Nc2ccc(S(=O)(=O)Nc3ncccn3)cc2)OC(CO)C(O)C1O. The zero-order valence-electron chi connectivity index (χ0n) is 16.4. The first-order valence-corrected chi connectivity index (χ1v) is 10.8. The van der Waals surface area contributed by atoms with Crippen molar-refractivity contribution in [2.24, 2.45) is 0 Å². The van der Waals surface area contributed by atoms with Crippen LogP contribution in [0, 0.1) is 0 Å². The lowest BCUT2D eigenvalue weighted by Crippen LogP contribution is -2.65. The van der Waals surface area contributed by atoms with Crippen molar-refractivity contribution < 1.29 is 33.3 Å². The molecule has 1 aliphatic heterocycles. The molecule has 1 fully saturated rings. The summed E-state index contributed by atoms with van der Waals surface area (Å²) >= 11 is 0. The van der Waals surface area contributed by atoms with Crippen molar-refractivity contribution in [3.05, 3.63) is 42.7 Å². The van der Waals surface area contributed by atoms with Crippen molar-refractivity contribution in [3.63, 3.8) is 0 Å². The standard InChI is InChI=1S/C18H23N5O7S/c1-10(25)21-14-16(27)15(26)13(9-24)30-17(14)22-11-3-5-12(6-4-11)31(28,29)23-18-19-7-2-8-20-18/h2-8,13-17,22,24,26-27H,9H2,1H3,(H,21,25)(H,19,20,23). The van der Waals surface area contributed by atoms with Crippen LogP contribution < -0.4 is 15.4 Å². The molecular formula is C18H23N5O7S. The van der Waals surface area contributed by atoms with E-state index in [9.17, 15) is 28.5 Å². The molecule has 0 aliphatic carbocycles. The Morgan fingerprint density at radius 3 is 2.35 bits per heavy atom. The number of ether oxygens (including phenoxy) is 1. The lowest BCUT2D eigenvalue weighted by Gasteiger charge is -2.43. The third-order valence-corrected chi connectivity index (χ3v) is 5.91. The van der Waals surface area contributed by atoms with E-state index in [2.05, 4.69) is 25.3 Å². The van der Waals surface area contributed by atoms with Crippen LogP contribution in [0.5, 0.6) is 0 Å². The van der Waals surface area contributed by atoms with Crippen LogP contribution in [0.25, 0.3) is 0 Å². The molecule has 0 spiro atoms. The average molecular weight is 453 g/mol. The van der Waals surface area contributed by atoms with E-state index in [0.29, 0.717) is 5.69 Å². The van der Waals surface area contributed by atoms with Crippen molar-refractivity contribution in [2.75, 3.05) is 16.6 Å². The van der Waals surface area contributed by atoms with Gasteiger partial charge in [0, 0.05) is 25.0 Å². The largest absolute Gasteiger partial charge is 0.394 e. The second kappa shape index (κ2) is 9.53. The normalized spacial score (nSPS) is 26.1. The van der Waals surface area contributed by atoms with Gasteiger partial charge in [-0.05, 0) is 30.3 Å². The zero-order valence-corrected chi connectivity index (χ0v) is 17.2. The van der Waals surface area contributed by atoms with Crippen LogP contribution in [0.15, 0.2) is 47.6 Å². The van der Waals surface area contributed by atoms with Gasteiger partial charge in [-0.3, -0.25) is 4.79 Å². The van der Waals surface area contributed by atoms with Crippen LogP contribution >= 0.6 is 0 Å². The molecule has 168 valence electrons. The van der Waals surface area contributed by atoms with Crippen molar-refractivity contribution in [3.8, 4) is 0 Å². The Hall–Kier alpha value is -2.84. The Balaban J connectivity index is 1.76. The molecule has 0 radical (unpaired) electrons. The van der Waals surface area contributed by atoms with Gasteiger partial charge in [-0.1, -0.05) is 0 Å². The van der Waals surface area contributed by atoms with Crippen LogP contribution in [0.4, 0.5) is 11.6 Å². The van der Waals surface area contributed by atoms with Gasteiger partial charge >= 0.3 is 0 Å². The van der Waals surface area contributed by atoms with Crippen LogP contribution in [0.1, 0.15) is 6.92 Å². The van der Waals surface area contributed by atoms with Crippen molar-refractivity contribution >= 4 is 27.6 Å². The van der Waals surface area contributed by atoms with Crippen LogP contribution in [0.3, 0.4) is 0 Å². The number of hydrogen-bond donors (Lipinski definition) is 6. The number of benzene rings is 1. The maximum absolute atomic E-state index is 12.5. The van der Waals surface area contributed by atoms with Crippen molar-refractivity contribution in [2.45, 2.75) is 42.4 Å². The summed E-state index contributed by atoms with van der Waals surface area (Å²) < 4.78 is 32.8. The highest BCUT2D eigenvalue weighted by atomic mass is 32.2. The lowest BCUT2D eigenvalue weighted by molar-refractivity contribution is -0.188. The van der Waals surface area contributed by atoms with E-state index in [1.54, 1.807) is 6.07 Å². The molecule has 31 heavy (non-hydrogen) atoms. The van der Waals surface area contributed by atoms with E-state index >= 15 is 0 Å². The Bertz CT molecular complexity index is 990. The van der Waals surface area contributed by atoms with Gasteiger partial charge in [-0.25, -0.2) is 23.1 Å². The maximum atomic E-state index is 12.5. The van der Waals surface area contributed by atoms with Crippen LogP contribution in [-0.2, 0) is 19.6 Å². The van der Waals surface area contributed by atoms with Gasteiger partial charge in [0.2, 0.25) is 11.9 Å². The molecule has 12 nitrogen and oxygen atoms in total. The first kappa shape index (κ1) is 22.8. The Morgan fingerprint density at radius 1 is 1.13 bits per heavy atom. The Kier molecular flexibility index (Phi) is 7.02. The Morgan fingerprint density at radius 2 is 1.77 bits per heavy atom. The molecule has 6 N–H and O–H groups in total. The first-order chi connectivity index (χ1) is 14.7. The number of nitrogens with one attached hydrogen (secondary N) is 3. The summed E-state index contributed by atoms with van der Waals surface area (Å²) in [6.07, 6.45) is -2.08. The summed E-state index contributed by atoms with van der Waals surface area (Å²) in [6, 6.07) is 6.12. The number of aliphatic hydroxyl groups excluding tert-OH is 3. The molecule has 1 aromatic heterocycles. The summed E-state index contributed by atoms with van der Waals surface area (Å²) in [6.45, 7) is 0.699. The fraction of sp³-hybridized carbons (Fsp3) is 0.389. The molecule has 1 saturated heterocycles. The summed E-state index contributed by atoms with van der Waals surface area (Å²) in [5.74, 6) is -0.522. The number of sulfonamides is 1. The molecule has 2 aromatic rings. The second-order valence-corrected chi connectivity index (χ2v) is 8.51. The number of carbonyl (C=O) groups is 1. The van der Waals surface area contributed by atoms with E-state index in [1.807, 2.05) is 0 Å². The summed E-state index contributed by atoms with van der Waals surface area (Å²) in [4.78, 5) is 19.1. The zero-order chi connectivity index (χ0) is 22.6. The number of hydrogen-bond acceptors (Lipinski definition) is 10. The Labute approximate surface area is 178 Å².